The third-order valence-corrected chi connectivity index (χ3v) is 7.80. The summed E-state index contributed by atoms with van der Waals surface area (Å²) in [5.74, 6) is 7.73. The molecule has 14 radical (unpaired) electrons. The Balaban J connectivity index is 0.000000225. The van der Waals surface area contributed by atoms with E-state index >= 15 is 0 Å². The molecule has 0 aromatic heterocycles. The zero-order chi connectivity index (χ0) is 27.1. The van der Waals surface area contributed by atoms with Crippen molar-refractivity contribution in [2.75, 3.05) is 0 Å². The zero-order valence-corrected chi connectivity index (χ0v) is 21.8. The summed E-state index contributed by atoms with van der Waals surface area (Å²) in [7, 11) is 39.0. The van der Waals surface area contributed by atoms with Crippen LogP contribution in [0.3, 0.4) is 0 Å². The van der Waals surface area contributed by atoms with Crippen molar-refractivity contribution in [1.29, 1.82) is 0 Å². The molecule has 16 heteroatoms. The molecule has 2 aromatic carbocycles. The third-order valence-electron chi connectivity index (χ3n) is 7.48. The summed E-state index contributed by atoms with van der Waals surface area (Å²) in [5, 5.41) is 0. The molecule has 5 rings (SSSR count). The summed E-state index contributed by atoms with van der Waals surface area (Å²) in [4.78, 5) is 11.5. The molecule has 0 heterocycles. The van der Waals surface area contributed by atoms with Crippen LogP contribution < -0.4 is 0 Å². The van der Waals surface area contributed by atoms with Gasteiger partial charge in [0.05, 0.1) is 0 Å². The minimum absolute atomic E-state index is 0.389. The van der Waals surface area contributed by atoms with Gasteiger partial charge in [0.15, 0.2) is 6.29 Å². The Hall–Kier alpha value is -1.20. The fourth-order valence-corrected chi connectivity index (χ4v) is 5.77. The Morgan fingerprint density at radius 1 is 0.811 bits per heavy atom. The van der Waals surface area contributed by atoms with Crippen molar-refractivity contribution in [3.8, 4) is 11.8 Å². The van der Waals surface area contributed by atoms with E-state index in [1.54, 1.807) is 0 Å². The quantitative estimate of drug-likeness (QED) is 0.322. The summed E-state index contributed by atoms with van der Waals surface area (Å²) in [6.45, 7) is 0. The van der Waals surface area contributed by atoms with Crippen molar-refractivity contribution in [2.24, 2.45) is 0 Å². The number of aldehydes is 1. The number of hydrogen-bond donors (Lipinski definition) is 0. The molecule has 1 saturated carbocycles. The van der Waals surface area contributed by atoms with E-state index in [4.69, 9.17) is 66.2 Å². The van der Waals surface area contributed by atoms with Gasteiger partial charge in [-0.05, 0) is 72.9 Å². The Bertz CT molecular complexity index is 1120. The van der Waals surface area contributed by atoms with Gasteiger partial charge < -0.3 is 0 Å². The van der Waals surface area contributed by atoms with Crippen LogP contribution in [0.2, 0.25) is 0 Å². The van der Waals surface area contributed by atoms with E-state index in [0.717, 1.165) is 23.0 Å². The monoisotopic (exact) mass is 472 g/mol. The number of carbonyl (C=O) groups excluding carboxylic acids is 1. The SMILES string of the molecule is O=Cc1cc2c(cc1C#Cc1ccccc1)C1CCC2CC1.[B]B([B])B([B])B(B=S)B(B([B])[B])B([B])[B]. The Morgan fingerprint density at radius 2 is 1.35 bits per heavy atom. The number of carbonyl (C=O) groups is 1. The van der Waals surface area contributed by atoms with E-state index in [1.807, 2.05) is 30.3 Å². The van der Waals surface area contributed by atoms with Crippen LogP contribution >= 0.6 is 12.1 Å². The second kappa shape index (κ2) is 14.3. The molecule has 37 heavy (non-hydrogen) atoms. The fourth-order valence-electron chi connectivity index (χ4n) is 5.40. The summed E-state index contributed by atoms with van der Waals surface area (Å²) < 4.78 is 0. The molecule has 0 N–H and O–H groups in total. The summed E-state index contributed by atoms with van der Waals surface area (Å²) in [6.07, 6.45) is 2.52. The molecule has 0 atom stereocenters. The number of hydrogen-bond acceptors (Lipinski definition) is 2. The van der Waals surface area contributed by atoms with Crippen molar-refractivity contribution in [3.63, 3.8) is 0 Å². The first kappa shape index (κ1) is 30.3. The van der Waals surface area contributed by atoms with Crippen LogP contribution in [0, 0.1) is 11.8 Å². The van der Waals surface area contributed by atoms with Gasteiger partial charge in [-0.3, -0.25) is 4.79 Å². The first-order valence-corrected chi connectivity index (χ1v) is 13.1. The van der Waals surface area contributed by atoms with E-state index in [0.29, 0.717) is 11.8 Å². The molecule has 156 valence electrons. The molecule has 2 bridgehead atoms. The predicted octanol–water partition coefficient (Wildman–Crippen LogP) is -0.0293. The number of benzene rings is 2. The van der Waals surface area contributed by atoms with Gasteiger partial charge in [-0.25, -0.2) is 0 Å². The van der Waals surface area contributed by atoms with E-state index < -0.39 is 31.9 Å². The standard InChI is InChI=1S/C21H18O.B14S/c22-14-19-13-21-17-10-8-16(9-11-17)20(21)12-18(19)7-6-15-4-2-1-3-5-15;1-9(2)12(7)13(8-15)14(10(3)4)11(5)6/h1-5,12-14,16-17H,8-11H2;. The zero-order valence-electron chi connectivity index (χ0n) is 21.0. The average Bonchev–Trinajstić information content (AvgIpc) is 2.90. The van der Waals surface area contributed by atoms with Gasteiger partial charge in [0.25, 0.3) is 0 Å². The normalized spacial score (nSPS) is 16.3. The van der Waals surface area contributed by atoms with Crippen molar-refractivity contribution in [1.82, 2.24) is 0 Å². The molecule has 3 aliphatic rings. The second-order valence-corrected chi connectivity index (χ2v) is 10.2. The van der Waals surface area contributed by atoms with Gasteiger partial charge >= 0.3 is 111 Å². The van der Waals surface area contributed by atoms with Gasteiger partial charge in [-0.15, -0.1) is 0 Å². The topological polar surface area (TPSA) is 17.1 Å². The van der Waals surface area contributed by atoms with Gasteiger partial charge in [0.2, 0.25) is 0 Å². The van der Waals surface area contributed by atoms with Crippen LogP contribution in [0.1, 0.15) is 70.1 Å². The van der Waals surface area contributed by atoms with Crippen LogP contribution in [0.5, 0.6) is 0 Å². The number of rotatable bonds is 7. The summed E-state index contributed by atoms with van der Waals surface area (Å²) >= 11 is 4.85. The average molecular weight is 470 g/mol. The van der Waals surface area contributed by atoms with Crippen LogP contribution in [-0.4, -0.2) is 105 Å². The number of fused-ring (bicyclic) bond motifs is 2. The van der Waals surface area contributed by atoms with Crippen LogP contribution in [0.15, 0.2) is 42.5 Å². The van der Waals surface area contributed by atoms with Gasteiger partial charge in [0, 0.05) is 16.7 Å². The molecule has 1 nitrogen and oxygen atoms in total. The summed E-state index contributed by atoms with van der Waals surface area (Å²) in [6, 6.07) is 15.6. The fraction of sp³-hybridized carbons (Fsp3) is 0.286. The van der Waals surface area contributed by atoms with Crippen molar-refractivity contribution >= 4 is 117 Å². The van der Waals surface area contributed by atoms with Gasteiger partial charge in [-0.1, -0.05) is 30.0 Å². The van der Waals surface area contributed by atoms with Crippen molar-refractivity contribution < 1.29 is 4.79 Å². The van der Waals surface area contributed by atoms with E-state index in [1.165, 1.54) is 42.9 Å². The molecule has 2 aromatic rings. The molecule has 0 unspecified atom stereocenters. The first-order chi connectivity index (χ1) is 17.7. The predicted molar refractivity (Wildman–Crippen MR) is 176 cm³/mol. The maximum atomic E-state index is 11.5. The molecular weight excluding hydrogens is 452 g/mol. The van der Waals surface area contributed by atoms with E-state index in [-0.39, 0.29) is 6.39 Å². The maximum absolute atomic E-state index is 11.5. The van der Waals surface area contributed by atoms with Crippen LogP contribution in [0.4, 0.5) is 0 Å². The van der Waals surface area contributed by atoms with E-state index in [9.17, 15) is 4.79 Å². The molecule has 0 amide bonds. The molecule has 0 spiro atoms. The Labute approximate surface area is 240 Å². The molecule has 1 fully saturated rings. The summed E-state index contributed by atoms with van der Waals surface area (Å²) in [5.41, 5.74) is 5.47. The van der Waals surface area contributed by atoms with Crippen molar-refractivity contribution in [2.45, 2.75) is 37.5 Å². The van der Waals surface area contributed by atoms with Gasteiger partial charge in [0.1, 0.15) is 0 Å². The third kappa shape index (κ3) is 7.68. The van der Waals surface area contributed by atoms with Crippen molar-refractivity contribution in [3.05, 3.63) is 70.3 Å². The first-order valence-electron chi connectivity index (χ1n) is 12.6. The molecule has 3 aliphatic carbocycles. The second-order valence-electron chi connectivity index (χ2n) is 9.95. The molecule has 0 aliphatic heterocycles. The van der Waals surface area contributed by atoms with Gasteiger partial charge in [-0.2, -0.15) is 0 Å². The van der Waals surface area contributed by atoms with Crippen LogP contribution in [-0.2, 0) is 0 Å². The molecule has 0 saturated heterocycles. The van der Waals surface area contributed by atoms with Crippen LogP contribution in [0.25, 0.3) is 0 Å². The Kier molecular flexibility index (Phi) is 11.7. The minimum atomic E-state index is -0.728. The Morgan fingerprint density at radius 3 is 1.81 bits per heavy atom. The van der Waals surface area contributed by atoms with E-state index in [2.05, 4.69) is 24.0 Å². The molecular formula is C21H18B14OS.